The molecule has 3 nitrogen and oxygen atoms in total. The molecule has 1 heterocycles. The Bertz CT molecular complexity index is 571. The van der Waals surface area contributed by atoms with E-state index in [-0.39, 0.29) is 6.04 Å². The first kappa shape index (κ1) is 15.6. The molecule has 0 amide bonds. The van der Waals surface area contributed by atoms with Crippen LogP contribution in [-0.4, -0.2) is 20.8 Å². The molecule has 20 heavy (non-hydrogen) atoms. The van der Waals surface area contributed by atoms with Crippen LogP contribution in [0.4, 0.5) is 0 Å². The molecule has 0 aliphatic rings. The lowest BCUT2D eigenvalue weighted by Crippen LogP contribution is -2.21. The molecule has 0 saturated heterocycles. The summed E-state index contributed by atoms with van der Waals surface area (Å²) in [6, 6.07) is 8.47. The molecule has 1 aromatic heterocycles. The minimum atomic E-state index is 0.180. The van der Waals surface area contributed by atoms with E-state index in [1.165, 1.54) is 14.0 Å². The average molecular weight is 403 g/mol. The number of benzene rings is 1. The van der Waals surface area contributed by atoms with E-state index in [1.54, 1.807) is 25.6 Å². The highest BCUT2D eigenvalue weighted by atomic mass is 127. The number of methoxy groups -OCH3 is 2. The zero-order valence-corrected chi connectivity index (χ0v) is 14.7. The Kier molecular flexibility index (Phi) is 5.68. The lowest BCUT2D eigenvalue weighted by molar-refractivity contribution is 0.354. The van der Waals surface area contributed by atoms with Gasteiger partial charge in [-0.1, -0.05) is 13.0 Å². The number of ether oxygens (including phenoxy) is 2. The van der Waals surface area contributed by atoms with Gasteiger partial charge in [0.2, 0.25) is 0 Å². The van der Waals surface area contributed by atoms with Crippen LogP contribution in [0.2, 0.25) is 0 Å². The lowest BCUT2D eigenvalue weighted by Gasteiger charge is -2.19. The highest BCUT2D eigenvalue weighted by Gasteiger charge is 2.16. The fraction of sp³-hybridized carbons (Fsp3) is 0.333. The van der Waals surface area contributed by atoms with Crippen LogP contribution in [-0.2, 0) is 0 Å². The first-order valence-corrected chi connectivity index (χ1v) is 8.34. The smallest absolute Gasteiger partial charge is 0.161 e. The van der Waals surface area contributed by atoms with Crippen LogP contribution in [0.25, 0.3) is 0 Å². The maximum Gasteiger partial charge on any atom is 0.161 e. The molecule has 2 rings (SSSR count). The van der Waals surface area contributed by atoms with Gasteiger partial charge in [0.15, 0.2) is 11.5 Å². The molecule has 1 N–H and O–H groups in total. The van der Waals surface area contributed by atoms with E-state index >= 15 is 0 Å². The van der Waals surface area contributed by atoms with Crippen molar-refractivity contribution in [1.29, 1.82) is 0 Å². The Morgan fingerprint density at radius 1 is 1.15 bits per heavy atom. The molecule has 1 atom stereocenters. The third-order valence-electron chi connectivity index (χ3n) is 3.07. The largest absolute Gasteiger partial charge is 0.493 e. The van der Waals surface area contributed by atoms with Gasteiger partial charge in [0.1, 0.15) is 0 Å². The van der Waals surface area contributed by atoms with Gasteiger partial charge < -0.3 is 14.8 Å². The van der Waals surface area contributed by atoms with Crippen molar-refractivity contribution >= 4 is 33.9 Å². The Balaban J connectivity index is 2.39. The normalized spacial score (nSPS) is 12.2. The van der Waals surface area contributed by atoms with Gasteiger partial charge in [0.25, 0.3) is 0 Å². The van der Waals surface area contributed by atoms with Gasteiger partial charge in [0.05, 0.1) is 23.1 Å². The van der Waals surface area contributed by atoms with Crippen molar-refractivity contribution in [2.75, 3.05) is 20.8 Å². The van der Waals surface area contributed by atoms with E-state index in [2.05, 4.69) is 52.3 Å². The molecule has 0 saturated carbocycles. The first-order valence-electron chi connectivity index (χ1n) is 6.38. The summed E-state index contributed by atoms with van der Waals surface area (Å²) in [5.74, 6) is 1.52. The zero-order chi connectivity index (χ0) is 14.5. The number of hydrogen-bond acceptors (Lipinski definition) is 4. The SMILES string of the molecule is CCNC(c1csc(I)c1)c1ccc(OC)c(OC)c1. The van der Waals surface area contributed by atoms with Crippen LogP contribution in [0.15, 0.2) is 29.6 Å². The second kappa shape index (κ2) is 7.28. The quantitative estimate of drug-likeness (QED) is 0.738. The van der Waals surface area contributed by atoms with Gasteiger partial charge in [-0.15, -0.1) is 11.3 Å². The van der Waals surface area contributed by atoms with Crippen LogP contribution < -0.4 is 14.8 Å². The third kappa shape index (κ3) is 3.45. The van der Waals surface area contributed by atoms with E-state index < -0.39 is 0 Å². The Labute approximate surface area is 137 Å². The molecule has 0 aliphatic carbocycles. The summed E-state index contributed by atoms with van der Waals surface area (Å²) in [7, 11) is 3.32. The summed E-state index contributed by atoms with van der Waals surface area (Å²) in [5, 5.41) is 5.72. The second-order valence-electron chi connectivity index (χ2n) is 4.29. The lowest BCUT2D eigenvalue weighted by atomic mass is 10.0. The van der Waals surface area contributed by atoms with Crippen LogP contribution in [0, 0.1) is 2.88 Å². The molecular weight excluding hydrogens is 385 g/mol. The van der Waals surface area contributed by atoms with Crippen LogP contribution in [0.1, 0.15) is 24.1 Å². The number of hydrogen-bond donors (Lipinski definition) is 1. The molecule has 5 heteroatoms. The molecule has 1 aromatic carbocycles. The number of halogens is 1. The summed E-state index contributed by atoms with van der Waals surface area (Å²) >= 11 is 4.11. The van der Waals surface area contributed by atoms with Crippen molar-refractivity contribution in [3.05, 3.63) is 43.7 Å². The van der Waals surface area contributed by atoms with Crippen molar-refractivity contribution in [1.82, 2.24) is 5.32 Å². The van der Waals surface area contributed by atoms with Crippen LogP contribution in [0.5, 0.6) is 11.5 Å². The minimum absolute atomic E-state index is 0.180. The highest BCUT2D eigenvalue weighted by Crippen LogP contribution is 2.33. The van der Waals surface area contributed by atoms with E-state index in [1.807, 2.05) is 12.1 Å². The summed E-state index contributed by atoms with van der Waals surface area (Å²) in [5.41, 5.74) is 2.46. The summed E-state index contributed by atoms with van der Waals surface area (Å²) in [4.78, 5) is 0. The van der Waals surface area contributed by atoms with Gasteiger partial charge in [0, 0.05) is 0 Å². The zero-order valence-electron chi connectivity index (χ0n) is 11.8. The standard InChI is InChI=1S/C15H18INO2S/c1-4-17-15(11-8-14(16)20-9-11)10-5-6-12(18-2)13(7-10)19-3/h5-9,15,17H,4H2,1-3H3. The topological polar surface area (TPSA) is 30.5 Å². The van der Waals surface area contributed by atoms with Crippen molar-refractivity contribution in [3.63, 3.8) is 0 Å². The fourth-order valence-electron chi connectivity index (χ4n) is 2.14. The van der Waals surface area contributed by atoms with Gasteiger partial charge in [-0.3, -0.25) is 0 Å². The molecule has 0 aliphatic heterocycles. The summed E-state index contributed by atoms with van der Waals surface area (Å²) in [6.45, 7) is 3.02. The van der Waals surface area contributed by atoms with Gasteiger partial charge in [-0.25, -0.2) is 0 Å². The third-order valence-corrected chi connectivity index (χ3v) is 4.88. The van der Waals surface area contributed by atoms with E-state index in [4.69, 9.17) is 9.47 Å². The van der Waals surface area contributed by atoms with Gasteiger partial charge in [-0.2, -0.15) is 0 Å². The number of thiophene rings is 1. The maximum atomic E-state index is 5.39. The van der Waals surface area contributed by atoms with Crippen molar-refractivity contribution in [3.8, 4) is 11.5 Å². The maximum absolute atomic E-state index is 5.39. The predicted octanol–water partition coefficient (Wildman–Crippen LogP) is 4.07. The molecule has 0 bridgehead atoms. The first-order chi connectivity index (χ1) is 9.69. The van der Waals surface area contributed by atoms with E-state index in [0.29, 0.717) is 0 Å². The molecule has 108 valence electrons. The molecule has 0 fully saturated rings. The molecule has 0 radical (unpaired) electrons. The Morgan fingerprint density at radius 3 is 2.45 bits per heavy atom. The van der Waals surface area contributed by atoms with Gasteiger partial charge in [-0.05, 0) is 63.8 Å². The summed E-state index contributed by atoms with van der Waals surface area (Å²) < 4.78 is 12.0. The summed E-state index contributed by atoms with van der Waals surface area (Å²) in [6.07, 6.45) is 0. The second-order valence-corrected chi connectivity index (χ2v) is 7.09. The van der Waals surface area contributed by atoms with Crippen LogP contribution >= 0.6 is 33.9 Å². The minimum Gasteiger partial charge on any atom is -0.493 e. The fourth-order valence-corrected chi connectivity index (χ4v) is 3.54. The van der Waals surface area contributed by atoms with E-state index in [9.17, 15) is 0 Å². The van der Waals surface area contributed by atoms with E-state index in [0.717, 1.165) is 18.0 Å². The number of nitrogens with one attached hydrogen (secondary N) is 1. The molecular formula is C15H18INO2S. The molecule has 2 aromatic rings. The van der Waals surface area contributed by atoms with Gasteiger partial charge >= 0.3 is 0 Å². The van der Waals surface area contributed by atoms with Crippen molar-refractivity contribution in [2.45, 2.75) is 13.0 Å². The Hall–Kier alpha value is -0.790. The molecule has 1 unspecified atom stereocenters. The Morgan fingerprint density at radius 2 is 1.90 bits per heavy atom. The highest BCUT2D eigenvalue weighted by molar-refractivity contribution is 14.1. The van der Waals surface area contributed by atoms with Crippen molar-refractivity contribution in [2.24, 2.45) is 0 Å². The van der Waals surface area contributed by atoms with Crippen LogP contribution in [0.3, 0.4) is 0 Å². The monoisotopic (exact) mass is 403 g/mol. The number of rotatable bonds is 6. The predicted molar refractivity (Wildman–Crippen MR) is 92.1 cm³/mol. The average Bonchev–Trinajstić information content (AvgIpc) is 2.90. The molecule has 0 spiro atoms. The van der Waals surface area contributed by atoms with Crippen molar-refractivity contribution < 1.29 is 9.47 Å².